The van der Waals surface area contributed by atoms with E-state index in [2.05, 4.69) is 20.6 Å². The van der Waals surface area contributed by atoms with Gasteiger partial charge in [0, 0.05) is 25.5 Å². The van der Waals surface area contributed by atoms with Crippen LogP contribution in [0.15, 0.2) is 73.1 Å². The summed E-state index contributed by atoms with van der Waals surface area (Å²) >= 11 is 0. The maximum Gasteiger partial charge on any atom is 0.270 e. The fourth-order valence-electron chi connectivity index (χ4n) is 2.52. The van der Waals surface area contributed by atoms with Crippen LogP contribution in [0.25, 0.3) is 0 Å². The van der Waals surface area contributed by atoms with Crippen LogP contribution < -0.4 is 10.6 Å². The molecule has 0 radical (unpaired) electrons. The number of carbonyl (C=O) groups is 2. The van der Waals surface area contributed by atoms with Gasteiger partial charge in [-0.3, -0.25) is 14.6 Å². The first-order valence-electron chi connectivity index (χ1n) is 8.68. The number of carbonyl (C=O) groups excluding carboxylic acids is 2. The van der Waals surface area contributed by atoms with Crippen LogP contribution in [0.3, 0.4) is 0 Å². The number of hydrogen-bond acceptors (Lipinski definition) is 4. The fourth-order valence-corrected chi connectivity index (χ4v) is 2.52. The Hall–Kier alpha value is -3.54. The highest BCUT2D eigenvalue weighted by molar-refractivity contribution is 5.96. The second-order valence-corrected chi connectivity index (χ2v) is 5.94. The molecule has 0 spiro atoms. The van der Waals surface area contributed by atoms with Gasteiger partial charge in [-0.15, -0.1) is 0 Å². The van der Waals surface area contributed by atoms with E-state index in [4.69, 9.17) is 0 Å². The molecule has 136 valence electrons. The normalized spacial score (nSPS) is 10.2. The Morgan fingerprint density at radius 2 is 1.48 bits per heavy atom. The molecule has 2 amide bonds. The lowest BCUT2D eigenvalue weighted by atomic mass is 10.1. The molecule has 0 saturated heterocycles. The third-order valence-electron chi connectivity index (χ3n) is 3.93. The van der Waals surface area contributed by atoms with E-state index in [0.29, 0.717) is 13.1 Å². The first-order valence-corrected chi connectivity index (χ1v) is 8.68. The molecule has 0 aliphatic carbocycles. The molecule has 0 fully saturated rings. The summed E-state index contributed by atoms with van der Waals surface area (Å²) < 4.78 is 0. The summed E-state index contributed by atoms with van der Waals surface area (Å²) in [4.78, 5) is 32.7. The number of amides is 2. The zero-order valence-electron chi connectivity index (χ0n) is 14.8. The molecule has 0 saturated carbocycles. The largest absolute Gasteiger partial charge is 0.350 e. The van der Waals surface area contributed by atoms with Crippen molar-refractivity contribution in [2.24, 2.45) is 0 Å². The Kier molecular flexibility index (Phi) is 6.25. The molecule has 3 rings (SSSR count). The molecule has 3 aromatic rings. The quantitative estimate of drug-likeness (QED) is 0.678. The van der Waals surface area contributed by atoms with Crippen LogP contribution in [0.5, 0.6) is 0 Å². The molecule has 0 aliphatic rings. The van der Waals surface area contributed by atoms with Crippen LogP contribution in [0.2, 0.25) is 0 Å². The van der Waals surface area contributed by atoms with E-state index in [1.165, 1.54) is 0 Å². The van der Waals surface area contributed by atoms with Gasteiger partial charge in [0.15, 0.2) is 0 Å². The summed E-state index contributed by atoms with van der Waals surface area (Å²) in [6.45, 7) is 0.851. The average molecular weight is 360 g/mol. The number of benzene rings is 1. The highest BCUT2D eigenvalue weighted by atomic mass is 16.2. The molecule has 0 unspecified atom stereocenters. The van der Waals surface area contributed by atoms with Crippen LogP contribution >= 0.6 is 0 Å². The standard InChI is InChI=1S/C21H20N4O2/c26-20(23-13-11-16-6-2-1-3-7-16)18-9-4-10-19(25-18)21(27)24-15-17-8-5-12-22-14-17/h1-10,12,14H,11,13,15H2,(H,23,26)(H,24,27). The highest BCUT2D eigenvalue weighted by Crippen LogP contribution is 2.02. The molecule has 2 heterocycles. The zero-order valence-corrected chi connectivity index (χ0v) is 14.8. The van der Waals surface area contributed by atoms with E-state index in [1.54, 1.807) is 36.7 Å². The van der Waals surface area contributed by atoms with Gasteiger partial charge in [-0.2, -0.15) is 0 Å². The first kappa shape index (κ1) is 18.3. The molecule has 27 heavy (non-hydrogen) atoms. The van der Waals surface area contributed by atoms with E-state index < -0.39 is 0 Å². The SMILES string of the molecule is O=C(NCCc1ccccc1)c1cccc(C(=O)NCc2cccnc2)n1. The maximum atomic E-state index is 12.3. The topological polar surface area (TPSA) is 84.0 Å². The van der Waals surface area contributed by atoms with Gasteiger partial charge in [0.2, 0.25) is 0 Å². The van der Waals surface area contributed by atoms with Gasteiger partial charge in [0.1, 0.15) is 11.4 Å². The predicted molar refractivity (Wildman–Crippen MR) is 102 cm³/mol. The van der Waals surface area contributed by atoms with Crippen molar-refractivity contribution < 1.29 is 9.59 Å². The van der Waals surface area contributed by atoms with Crippen LogP contribution in [-0.2, 0) is 13.0 Å². The van der Waals surface area contributed by atoms with E-state index in [0.717, 1.165) is 17.5 Å². The van der Waals surface area contributed by atoms with Crippen molar-refractivity contribution in [2.45, 2.75) is 13.0 Å². The van der Waals surface area contributed by atoms with Gasteiger partial charge < -0.3 is 10.6 Å². The lowest BCUT2D eigenvalue weighted by Crippen LogP contribution is -2.28. The molecular weight excluding hydrogens is 340 g/mol. The zero-order chi connectivity index (χ0) is 18.9. The summed E-state index contributed by atoms with van der Waals surface area (Å²) in [5, 5.41) is 5.60. The summed E-state index contributed by atoms with van der Waals surface area (Å²) in [6, 6.07) is 18.4. The number of rotatable bonds is 7. The number of pyridine rings is 2. The summed E-state index contributed by atoms with van der Waals surface area (Å²) in [6.07, 6.45) is 4.09. The van der Waals surface area contributed by atoms with Crippen molar-refractivity contribution in [3.05, 3.63) is 95.6 Å². The Morgan fingerprint density at radius 3 is 2.19 bits per heavy atom. The molecule has 2 N–H and O–H groups in total. The maximum absolute atomic E-state index is 12.3. The number of nitrogens with one attached hydrogen (secondary N) is 2. The number of aromatic nitrogens is 2. The van der Waals surface area contributed by atoms with E-state index in [-0.39, 0.29) is 23.2 Å². The first-order chi connectivity index (χ1) is 13.2. The van der Waals surface area contributed by atoms with Gasteiger partial charge >= 0.3 is 0 Å². The van der Waals surface area contributed by atoms with Crippen LogP contribution in [0, 0.1) is 0 Å². The van der Waals surface area contributed by atoms with Gasteiger partial charge in [-0.1, -0.05) is 42.5 Å². The van der Waals surface area contributed by atoms with Crippen molar-refractivity contribution >= 4 is 11.8 Å². The third-order valence-corrected chi connectivity index (χ3v) is 3.93. The minimum Gasteiger partial charge on any atom is -0.350 e. The van der Waals surface area contributed by atoms with Crippen LogP contribution in [-0.4, -0.2) is 28.3 Å². The van der Waals surface area contributed by atoms with Crippen molar-refractivity contribution in [3.8, 4) is 0 Å². The smallest absolute Gasteiger partial charge is 0.270 e. The number of nitrogens with zero attached hydrogens (tertiary/aromatic N) is 2. The second kappa shape index (κ2) is 9.24. The van der Waals surface area contributed by atoms with E-state index in [9.17, 15) is 9.59 Å². The van der Waals surface area contributed by atoms with Crippen molar-refractivity contribution in [3.63, 3.8) is 0 Å². The van der Waals surface area contributed by atoms with Gasteiger partial charge in [-0.05, 0) is 35.7 Å². The second-order valence-electron chi connectivity index (χ2n) is 5.94. The van der Waals surface area contributed by atoms with Crippen molar-refractivity contribution in [1.29, 1.82) is 0 Å². The van der Waals surface area contributed by atoms with Gasteiger partial charge in [0.05, 0.1) is 0 Å². The monoisotopic (exact) mass is 360 g/mol. The summed E-state index contributed by atoms with van der Waals surface area (Å²) in [5.74, 6) is -0.634. The third kappa shape index (κ3) is 5.47. The van der Waals surface area contributed by atoms with Gasteiger partial charge in [0.25, 0.3) is 11.8 Å². The van der Waals surface area contributed by atoms with Gasteiger partial charge in [-0.25, -0.2) is 4.98 Å². The van der Waals surface area contributed by atoms with E-state index >= 15 is 0 Å². The van der Waals surface area contributed by atoms with Crippen molar-refractivity contribution in [1.82, 2.24) is 20.6 Å². The Bertz CT molecular complexity index is 898. The molecule has 1 aromatic carbocycles. The summed E-state index contributed by atoms with van der Waals surface area (Å²) in [7, 11) is 0. The molecule has 0 aliphatic heterocycles. The Balaban J connectivity index is 1.54. The molecule has 0 bridgehead atoms. The lowest BCUT2D eigenvalue weighted by molar-refractivity contribution is 0.0943. The van der Waals surface area contributed by atoms with Crippen LogP contribution in [0.1, 0.15) is 32.1 Å². The minimum absolute atomic E-state index is 0.203. The minimum atomic E-state index is -0.335. The molecular formula is C21H20N4O2. The molecule has 0 atom stereocenters. The van der Waals surface area contributed by atoms with E-state index in [1.807, 2.05) is 36.4 Å². The molecule has 2 aromatic heterocycles. The average Bonchev–Trinajstić information content (AvgIpc) is 2.73. The fraction of sp³-hybridized carbons (Fsp3) is 0.143. The Labute approximate surface area is 157 Å². The van der Waals surface area contributed by atoms with Crippen LogP contribution in [0.4, 0.5) is 0 Å². The predicted octanol–water partition coefficient (Wildman–Crippen LogP) is 2.38. The summed E-state index contributed by atoms with van der Waals surface area (Å²) in [5.41, 5.74) is 2.46. The number of hydrogen-bond donors (Lipinski definition) is 2. The molecule has 6 heteroatoms. The Morgan fingerprint density at radius 1 is 0.778 bits per heavy atom. The lowest BCUT2D eigenvalue weighted by Gasteiger charge is -2.07. The highest BCUT2D eigenvalue weighted by Gasteiger charge is 2.12. The molecule has 6 nitrogen and oxygen atoms in total. The van der Waals surface area contributed by atoms with Crippen molar-refractivity contribution in [2.75, 3.05) is 6.54 Å².